The molecule has 1 atom stereocenters. The van der Waals surface area contributed by atoms with Gasteiger partial charge in [-0.05, 0) is 37.1 Å². The van der Waals surface area contributed by atoms with E-state index in [-0.39, 0.29) is 5.82 Å². The van der Waals surface area contributed by atoms with Gasteiger partial charge >= 0.3 is 0 Å². The van der Waals surface area contributed by atoms with Crippen molar-refractivity contribution in [3.63, 3.8) is 0 Å². The first-order valence-electron chi connectivity index (χ1n) is 6.57. The lowest BCUT2D eigenvalue weighted by molar-refractivity contribution is 0.244. The molecule has 98 valence electrons. The molecular formula is C15H16FN3. The molecule has 1 aliphatic rings. The number of hydrogen-bond acceptors (Lipinski definition) is 3. The van der Waals surface area contributed by atoms with Crippen LogP contribution in [-0.2, 0) is 6.54 Å². The molecule has 3 rings (SSSR count). The maximum absolute atomic E-state index is 12.9. The molecule has 1 aromatic heterocycles. The molecule has 2 heterocycles. The van der Waals surface area contributed by atoms with Crippen molar-refractivity contribution < 1.29 is 4.39 Å². The van der Waals surface area contributed by atoms with Crippen LogP contribution in [0.15, 0.2) is 42.9 Å². The molecule has 0 unspecified atom stereocenters. The van der Waals surface area contributed by atoms with Crippen molar-refractivity contribution in [2.75, 3.05) is 6.54 Å². The zero-order valence-electron chi connectivity index (χ0n) is 10.7. The highest BCUT2D eigenvalue weighted by atomic mass is 19.1. The number of hydrogen-bond donors (Lipinski definition) is 0. The van der Waals surface area contributed by atoms with Gasteiger partial charge < -0.3 is 0 Å². The molecule has 1 fully saturated rings. The number of likely N-dealkylation sites (tertiary alicyclic amines) is 1. The Labute approximate surface area is 112 Å². The van der Waals surface area contributed by atoms with E-state index in [1.807, 2.05) is 18.3 Å². The van der Waals surface area contributed by atoms with Gasteiger partial charge in [0.15, 0.2) is 0 Å². The fourth-order valence-electron chi connectivity index (χ4n) is 2.66. The van der Waals surface area contributed by atoms with Gasteiger partial charge in [-0.15, -0.1) is 0 Å². The maximum atomic E-state index is 12.9. The Bertz CT molecular complexity index is 527. The number of aromatic nitrogens is 2. The summed E-state index contributed by atoms with van der Waals surface area (Å²) < 4.78 is 12.9. The molecular weight excluding hydrogens is 241 g/mol. The minimum absolute atomic E-state index is 0.185. The van der Waals surface area contributed by atoms with Gasteiger partial charge in [-0.3, -0.25) is 14.9 Å². The number of halogens is 1. The lowest BCUT2D eigenvalue weighted by atomic mass is 10.1. The Morgan fingerprint density at radius 2 is 2.05 bits per heavy atom. The monoisotopic (exact) mass is 257 g/mol. The molecule has 1 aromatic carbocycles. The van der Waals surface area contributed by atoms with E-state index < -0.39 is 0 Å². The highest BCUT2D eigenvalue weighted by Crippen LogP contribution is 2.31. The molecule has 1 saturated heterocycles. The van der Waals surface area contributed by atoms with Gasteiger partial charge in [-0.1, -0.05) is 12.1 Å². The van der Waals surface area contributed by atoms with Gasteiger partial charge in [0, 0.05) is 25.1 Å². The van der Waals surface area contributed by atoms with Gasteiger partial charge in [0.2, 0.25) is 0 Å². The summed E-state index contributed by atoms with van der Waals surface area (Å²) in [4.78, 5) is 10.9. The van der Waals surface area contributed by atoms with E-state index in [0.717, 1.165) is 30.8 Å². The van der Waals surface area contributed by atoms with Crippen molar-refractivity contribution in [1.82, 2.24) is 14.9 Å². The molecule has 19 heavy (non-hydrogen) atoms. The lowest BCUT2D eigenvalue weighted by Crippen LogP contribution is -2.23. The van der Waals surface area contributed by atoms with E-state index in [4.69, 9.17) is 0 Å². The van der Waals surface area contributed by atoms with Crippen LogP contribution in [0.4, 0.5) is 4.39 Å². The minimum atomic E-state index is -0.185. The molecule has 0 N–H and O–H groups in total. The first kappa shape index (κ1) is 12.2. The van der Waals surface area contributed by atoms with Gasteiger partial charge in [-0.25, -0.2) is 4.39 Å². The molecule has 0 spiro atoms. The Kier molecular flexibility index (Phi) is 3.51. The molecule has 0 amide bonds. The largest absolute Gasteiger partial charge is 0.290 e. The van der Waals surface area contributed by atoms with E-state index in [0.29, 0.717) is 6.04 Å². The zero-order valence-corrected chi connectivity index (χ0v) is 10.7. The second kappa shape index (κ2) is 5.45. The summed E-state index contributed by atoms with van der Waals surface area (Å²) >= 11 is 0. The van der Waals surface area contributed by atoms with Crippen LogP contribution in [0.5, 0.6) is 0 Å². The van der Waals surface area contributed by atoms with E-state index in [1.54, 1.807) is 12.4 Å². The first-order valence-corrected chi connectivity index (χ1v) is 6.57. The van der Waals surface area contributed by atoms with Gasteiger partial charge in [0.1, 0.15) is 5.82 Å². The van der Waals surface area contributed by atoms with Crippen molar-refractivity contribution in [1.29, 1.82) is 0 Å². The third kappa shape index (κ3) is 2.79. The number of benzene rings is 1. The summed E-state index contributed by atoms with van der Waals surface area (Å²) in [5.41, 5.74) is 2.17. The second-order valence-corrected chi connectivity index (χ2v) is 4.89. The highest BCUT2D eigenvalue weighted by molar-refractivity contribution is 5.17. The fourth-order valence-corrected chi connectivity index (χ4v) is 2.66. The fraction of sp³-hybridized carbons (Fsp3) is 0.333. The first-order chi connectivity index (χ1) is 9.33. The molecule has 2 aromatic rings. The van der Waals surface area contributed by atoms with E-state index in [2.05, 4.69) is 14.9 Å². The van der Waals surface area contributed by atoms with Crippen molar-refractivity contribution in [2.24, 2.45) is 0 Å². The van der Waals surface area contributed by atoms with Crippen LogP contribution in [0.3, 0.4) is 0 Å². The average Bonchev–Trinajstić information content (AvgIpc) is 2.90. The summed E-state index contributed by atoms with van der Waals surface area (Å²) in [5.74, 6) is -0.185. The van der Waals surface area contributed by atoms with Crippen molar-refractivity contribution >= 4 is 0 Å². The average molecular weight is 257 g/mol. The van der Waals surface area contributed by atoms with Crippen LogP contribution >= 0.6 is 0 Å². The molecule has 1 aliphatic heterocycles. The normalized spacial score (nSPS) is 19.7. The third-order valence-electron chi connectivity index (χ3n) is 3.59. The Morgan fingerprint density at radius 3 is 2.79 bits per heavy atom. The predicted octanol–water partition coefficient (Wildman–Crippen LogP) is 2.95. The van der Waals surface area contributed by atoms with E-state index in [9.17, 15) is 4.39 Å². The minimum Gasteiger partial charge on any atom is -0.290 e. The number of rotatable bonds is 3. The van der Waals surface area contributed by atoms with Crippen LogP contribution in [-0.4, -0.2) is 21.4 Å². The summed E-state index contributed by atoms with van der Waals surface area (Å²) in [7, 11) is 0. The molecule has 0 radical (unpaired) electrons. The van der Waals surface area contributed by atoms with Crippen LogP contribution in [0.2, 0.25) is 0 Å². The van der Waals surface area contributed by atoms with Gasteiger partial charge in [0.05, 0.1) is 11.7 Å². The maximum Gasteiger partial charge on any atom is 0.123 e. The predicted molar refractivity (Wildman–Crippen MR) is 70.8 cm³/mol. The molecule has 0 saturated carbocycles. The van der Waals surface area contributed by atoms with Crippen molar-refractivity contribution in [3.8, 4) is 0 Å². The zero-order chi connectivity index (χ0) is 13.1. The SMILES string of the molecule is Fc1ccc(CN2CCC[C@H]2c2cnccn2)cc1. The Hall–Kier alpha value is -1.81. The number of nitrogens with zero attached hydrogens (tertiary/aromatic N) is 3. The molecule has 0 aliphatic carbocycles. The lowest BCUT2D eigenvalue weighted by Gasteiger charge is -2.23. The summed E-state index contributed by atoms with van der Waals surface area (Å²) in [6.07, 6.45) is 7.56. The van der Waals surface area contributed by atoms with E-state index >= 15 is 0 Å². The summed E-state index contributed by atoms with van der Waals surface area (Å²) in [5, 5.41) is 0. The summed E-state index contributed by atoms with van der Waals surface area (Å²) in [6.45, 7) is 1.89. The third-order valence-corrected chi connectivity index (χ3v) is 3.59. The second-order valence-electron chi connectivity index (χ2n) is 4.89. The smallest absolute Gasteiger partial charge is 0.123 e. The topological polar surface area (TPSA) is 29.0 Å². The Balaban J connectivity index is 1.75. The van der Waals surface area contributed by atoms with Crippen molar-refractivity contribution in [2.45, 2.75) is 25.4 Å². The van der Waals surface area contributed by atoms with E-state index in [1.165, 1.54) is 18.6 Å². The Morgan fingerprint density at radius 1 is 1.21 bits per heavy atom. The van der Waals surface area contributed by atoms with Crippen molar-refractivity contribution in [3.05, 3.63) is 59.9 Å². The van der Waals surface area contributed by atoms with Crippen LogP contribution in [0, 0.1) is 5.82 Å². The highest BCUT2D eigenvalue weighted by Gasteiger charge is 2.26. The quantitative estimate of drug-likeness (QED) is 0.846. The van der Waals surface area contributed by atoms with Gasteiger partial charge in [-0.2, -0.15) is 0 Å². The summed E-state index contributed by atoms with van der Waals surface area (Å²) in [6, 6.07) is 7.06. The van der Waals surface area contributed by atoms with Gasteiger partial charge in [0.25, 0.3) is 0 Å². The molecule has 0 bridgehead atoms. The van der Waals surface area contributed by atoms with Crippen LogP contribution < -0.4 is 0 Å². The molecule has 4 heteroatoms. The van der Waals surface area contributed by atoms with Crippen LogP contribution in [0.1, 0.15) is 30.1 Å². The standard InChI is InChI=1S/C15H16FN3/c16-13-5-3-12(4-6-13)11-19-9-1-2-15(19)14-10-17-7-8-18-14/h3-8,10,15H,1-2,9,11H2/t15-/m0/s1. The molecule has 3 nitrogen and oxygen atoms in total. The van der Waals surface area contributed by atoms with Crippen LogP contribution in [0.25, 0.3) is 0 Å².